The highest BCUT2D eigenvalue weighted by Crippen LogP contribution is 2.33. The predicted octanol–water partition coefficient (Wildman–Crippen LogP) is 3.52. The summed E-state index contributed by atoms with van der Waals surface area (Å²) in [6, 6.07) is 10.0. The molecule has 2 heterocycles. The Bertz CT molecular complexity index is 996. The Labute approximate surface area is 150 Å². The number of benzene rings is 2. The van der Waals surface area contributed by atoms with Gasteiger partial charge < -0.3 is 19.4 Å². The van der Waals surface area contributed by atoms with E-state index in [1.807, 2.05) is 12.1 Å². The van der Waals surface area contributed by atoms with E-state index in [0.29, 0.717) is 35.7 Å². The maximum Gasteiger partial charge on any atom is 0.270 e. The van der Waals surface area contributed by atoms with E-state index in [4.69, 9.17) is 9.47 Å². The molecule has 0 spiro atoms. The van der Waals surface area contributed by atoms with Gasteiger partial charge in [-0.3, -0.25) is 4.79 Å². The minimum Gasteiger partial charge on any atom is -0.493 e. The van der Waals surface area contributed by atoms with Gasteiger partial charge in [-0.15, -0.1) is 0 Å². The molecule has 0 saturated carbocycles. The molecule has 0 fully saturated rings. The summed E-state index contributed by atoms with van der Waals surface area (Å²) in [7, 11) is 3.21. The molecule has 1 aliphatic rings. The second-order valence-electron chi connectivity index (χ2n) is 6.37. The van der Waals surface area contributed by atoms with Crippen molar-refractivity contribution in [2.45, 2.75) is 13.0 Å². The zero-order valence-electron chi connectivity index (χ0n) is 14.6. The zero-order valence-corrected chi connectivity index (χ0v) is 14.6. The third-order valence-corrected chi connectivity index (χ3v) is 4.82. The maximum atomic E-state index is 13.4. The number of carbonyl (C=O) groups excluding carboxylic acids is 1. The van der Waals surface area contributed by atoms with E-state index in [1.54, 1.807) is 31.3 Å². The quantitative estimate of drug-likeness (QED) is 0.783. The average molecular weight is 354 g/mol. The molecule has 0 radical (unpaired) electrons. The van der Waals surface area contributed by atoms with Gasteiger partial charge in [-0.2, -0.15) is 0 Å². The van der Waals surface area contributed by atoms with Crippen LogP contribution in [0.1, 0.15) is 21.6 Å². The topological polar surface area (TPSA) is 54.6 Å². The number of rotatable bonds is 3. The Morgan fingerprint density at radius 3 is 2.54 bits per heavy atom. The number of nitrogens with zero attached hydrogens (tertiary/aromatic N) is 1. The molecule has 134 valence electrons. The molecule has 1 amide bonds. The molecule has 1 N–H and O–H groups in total. The molecule has 2 aromatic carbocycles. The molecule has 4 rings (SSSR count). The molecule has 0 unspecified atom stereocenters. The van der Waals surface area contributed by atoms with Crippen molar-refractivity contribution in [3.8, 4) is 11.5 Å². The Hall–Kier alpha value is -3.02. The van der Waals surface area contributed by atoms with Crippen LogP contribution in [-0.4, -0.2) is 36.6 Å². The van der Waals surface area contributed by atoms with Crippen LogP contribution in [0.3, 0.4) is 0 Å². The molecular formula is C20H19FN2O3. The normalized spacial score (nSPS) is 13.6. The first kappa shape index (κ1) is 16.4. The molecule has 0 aliphatic carbocycles. The number of H-pyrrole nitrogens is 1. The second kappa shape index (κ2) is 6.37. The molecule has 1 aromatic heterocycles. The highest BCUT2D eigenvalue weighted by atomic mass is 19.1. The second-order valence-corrected chi connectivity index (χ2v) is 6.37. The van der Waals surface area contributed by atoms with Crippen molar-refractivity contribution in [3.05, 3.63) is 59.0 Å². The van der Waals surface area contributed by atoms with Crippen molar-refractivity contribution >= 4 is 16.8 Å². The summed E-state index contributed by atoms with van der Waals surface area (Å²) in [5.41, 5.74) is 3.42. The van der Waals surface area contributed by atoms with E-state index in [0.717, 1.165) is 23.1 Å². The lowest BCUT2D eigenvalue weighted by Crippen LogP contribution is -2.36. The van der Waals surface area contributed by atoms with E-state index in [1.165, 1.54) is 12.1 Å². The van der Waals surface area contributed by atoms with E-state index in [9.17, 15) is 9.18 Å². The molecule has 0 atom stereocenters. The number of amides is 1. The fraction of sp³-hybridized carbons (Fsp3) is 0.250. The SMILES string of the molecule is COc1cc2c(cc1OC)CN(C(=O)c1cc3cc(F)ccc3[nH]1)CC2. The van der Waals surface area contributed by atoms with Crippen molar-refractivity contribution in [1.29, 1.82) is 0 Å². The third kappa shape index (κ3) is 2.77. The van der Waals surface area contributed by atoms with E-state index >= 15 is 0 Å². The Morgan fingerprint density at radius 1 is 1.08 bits per heavy atom. The van der Waals surface area contributed by atoms with E-state index in [2.05, 4.69) is 4.98 Å². The van der Waals surface area contributed by atoms with Crippen LogP contribution in [-0.2, 0) is 13.0 Å². The van der Waals surface area contributed by atoms with Crippen LogP contribution < -0.4 is 9.47 Å². The number of methoxy groups -OCH3 is 2. The third-order valence-electron chi connectivity index (χ3n) is 4.82. The maximum absolute atomic E-state index is 13.4. The molecular weight excluding hydrogens is 335 g/mol. The van der Waals surface area contributed by atoms with Crippen LogP contribution >= 0.6 is 0 Å². The van der Waals surface area contributed by atoms with Crippen molar-refractivity contribution in [3.63, 3.8) is 0 Å². The van der Waals surface area contributed by atoms with Crippen LogP contribution in [0.4, 0.5) is 4.39 Å². The van der Waals surface area contributed by atoms with Gasteiger partial charge >= 0.3 is 0 Å². The van der Waals surface area contributed by atoms with Gasteiger partial charge in [-0.05, 0) is 53.9 Å². The Balaban J connectivity index is 1.62. The predicted molar refractivity (Wildman–Crippen MR) is 96.2 cm³/mol. The first-order chi connectivity index (χ1) is 12.6. The van der Waals surface area contributed by atoms with Crippen LogP contribution in [0.5, 0.6) is 11.5 Å². The van der Waals surface area contributed by atoms with Crippen LogP contribution in [0.25, 0.3) is 10.9 Å². The van der Waals surface area contributed by atoms with Gasteiger partial charge in [0, 0.05) is 24.0 Å². The first-order valence-corrected chi connectivity index (χ1v) is 8.40. The standard InChI is InChI=1S/C20H19FN2O3/c1-25-18-9-12-5-6-23(11-14(12)10-19(18)26-2)20(24)17-8-13-7-15(21)3-4-16(13)22-17/h3-4,7-10,22H,5-6,11H2,1-2H3. The summed E-state index contributed by atoms with van der Waals surface area (Å²) in [6.07, 6.45) is 0.746. The van der Waals surface area contributed by atoms with Crippen LogP contribution in [0.2, 0.25) is 0 Å². The number of aromatic amines is 1. The molecule has 6 heteroatoms. The number of aromatic nitrogens is 1. The fourth-order valence-corrected chi connectivity index (χ4v) is 3.45. The van der Waals surface area contributed by atoms with Crippen LogP contribution in [0, 0.1) is 5.82 Å². The number of fused-ring (bicyclic) bond motifs is 2. The summed E-state index contributed by atoms with van der Waals surface area (Å²) >= 11 is 0. The van der Waals surface area contributed by atoms with E-state index < -0.39 is 0 Å². The van der Waals surface area contributed by atoms with Gasteiger partial charge in [0.05, 0.1) is 14.2 Å². The average Bonchev–Trinajstić information content (AvgIpc) is 3.08. The summed E-state index contributed by atoms with van der Waals surface area (Å²) in [5.74, 6) is 0.941. The zero-order chi connectivity index (χ0) is 18.3. The number of halogens is 1. The number of hydrogen-bond acceptors (Lipinski definition) is 3. The van der Waals surface area contributed by atoms with Gasteiger partial charge in [0.1, 0.15) is 11.5 Å². The fourth-order valence-electron chi connectivity index (χ4n) is 3.45. The number of nitrogens with one attached hydrogen (secondary N) is 1. The lowest BCUT2D eigenvalue weighted by atomic mass is 9.98. The van der Waals surface area contributed by atoms with E-state index in [-0.39, 0.29) is 11.7 Å². The summed E-state index contributed by atoms with van der Waals surface area (Å²) in [5, 5.41) is 0.692. The highest BCUT2D eigenvalue weighted by Gasteiger charge is 2.24. The minimum absolute atomic E-state index is 0.0953. The van der Waals surface area contributed by atoms with Gasteiger partial charge in [0.25, 0.3) is 5.91 Å². The van der Waals surface area contributed by atoms with Gasteiger partial charge in [0.2, 0.25) is 0 Å². The lowest BCUT2D eigenvalue weighted by Gasteiger charge is -2.29. The smallest absolute Gasteiger partial charge is 0.270 e. The molecule has 5 nitrogen and oxygen atoms in total. The first-order valence-electron chi connectivity index (χ1n) is 8.40. The summed E-state index contributed by atoms with van der Waals surface area (Å²) in [6.45, 7) is 1.11. The number of ether oxygens (including phenoxy) is 2. The Morgan fingerprint density at radius 2 is 1.81 bits per heavy atom. The lowest BCUT2D eigenvalue weighted by molar-refractivity contribution is 0.0729. The van der Waals surface area contributed by atoms with Gasteiger partial charge in [-0.25, -0.2) is 4.39 Å². The molecule has 1 aliphatic heterocycles. The molecule has 3 aromatic rings. The molecule has 26 heavy (non-hydrogen) atoms. The number of hydrogen-bond donors (Lipinski definition) is 1. The number of carbonyl (C=O) groups is 1. The van der Waals surface area contributed by atoms with Crippen LogP contribution in [0.15, 0.2) is 36.4 Å². The van der Waals surface area contributed by atoms with Crippen molar-refractivity contribution < 1.29 is 18.7 Å². The van der Waals surface area contributed by atoms with Crippen molar-refractivity contribution in [2.75, 3.05) is 20.8 Å². The molecule has 0 saturated heterocycles. The molecule has 0 bridgehead atoms. The van der Waals surface area contributed by atoms with Crippen molar-refractivity contribution in [1.82, 2.24) is 9.88 Å². The van der Waals surface area contributed by atoms with Gasteiger partial charge in [0.15, 0.2) is 11.5 Å². The Kier molecular flexibility index (Phi) is 4.03. The van der Waals surface area contributed by atoms with Crippen molar-refractivity contribution in [2.24, 2.45) is 0 Å². The largest absolute Gasteiger partial charge is 0.493 e. The minimum atomic E-state index is -0.316. The summed E-state index contributed by atoms with van der Waals surface area (Å²) in [4.78, 5) is 17.8. The summed E-state index contributed by atoms with van der Waals surface area (Å²) < 4.78 is 24.1. The monoisotopic (exact) mass is 354 g/mol. The highest BCUT2D eigenvalue weighted by molar-refractivity contribution is 5.98. The van der Waals surface area contributed by atoms with Gasteiger partial charge in [-0.1, -0.05) is 0 Å².